The van der Waals surface area contributed by atoms with Gasteiger partial charge in [0.2, 0.25) is 0 Å². The van der Waals surface area contributed by atoms with Gasteiger partial charge in [0, 0.05) is 0 Å². The van der Waals surface area contributed by atoms with Crippen molar-refractivity contribution < 1.29 is 0 Å². The molecule has 0 heterocycles. The van der Waals surface area contributed by atoms with Crippen LogP contribution in [-0.4, -0.2) is 0 Å². The van der Waals surface area contributed by atoms with E-state index in [-0.39, 0.29) is 0 Å². The van der Waals surface area contributed by atoms with Crippen LogP contribution in [0.3, 0.4) is 0 Å². The minimum Gasteiger partial charge on any atom is -0.0804 e. The molecule has 0 fully saturated rings. The molecule has 2 unspecified atom stereocenters. The molecule has 0 aromatic heterocycles. The second kappa shape index (κ2) is 10.3. The molecule has 2 aliphatic rings. The SMILES string of the molecule is CCCC1CC=C(c2ccc(-c3ccc(C4=CCC(CCC)CC4)cc3)cc2)CC1. The smallest absolute Gasteiger partial charge is 0.0184 e. The maximum absolute atomic E-state index is 2.50. The Kier molecular flexibility index (Phi) is 7.26. The Balaban J connectivity index is 1.40. The highest BCUT2D eigenvalue weighted by molar-refractivity contribution is 5.73. The number of benzene rings is 2. The Morgan fingerprint density at radius 2 is 0.933 bits per heavy atom. The van der Waals surface area contributed by atoms with Crippen LogP contribution in [0, 0.1) is 11.8 Å². The maximum Gasteiger partial charge on any atom is -0.0184 e. The van der Waals surface area contributed by atoms with Gasteiger partial charge in [-0.3, -0.25) is 0 Å². The van der Waals surface area contributed by atoms with E-state index < -0.39 is 0 Å². The van der Waals surface area contributed by atoms with Gasteiger partial charge in [-0.2, -0.15) is 0 Å². The third kappa shape index (κ3) is 5.15. The van der Waals surface area contributed by atoms with Crippen molar-refractivity contribution in [3.63, 3.8) is 0 Å². The number of hydrogen-bond donors (Lipinski definition) is 0. The fourth-order valence-corrected chi connectivity index (χ4v) is 5.40. The van der Waals surface area contributed by atoms with Crippen LogP contribution in [0.4, 0.5) is 0 Å². The van der Waals surface area contributed by atoms with Crippen molar-refractivity contribution in [2.45, 2.75) is 78.1 Å². The highest BCUT2D eigenvalue weighted by Gasteiger charge is 2.16. The lowest BCUT2D eigenvalue weighted by molar-refractivity contribution is 0.445. The summed E-state index contributed by atoms with van der Waals surface area (Å²) in [7, 11) is 0. The lowest BCUT2D eigenvalue weighted by Gasteiger charge is -2.22. The number of allylic oxidation sites excluding steroid dienone is 4. The second-order valence-electron chi connectivity index (χ2n) is 9.47. The quantitative estimate of drug-likeness (QED) is 0.436. The van der Waals surface area contributed by atoms with Gasteiger partial charge in [-0.05, 0) is 83.8 Å². The van der Waals surface area contributed by atoms with E-state index in [9.17, 15) is 0 Å². The van der Waals surface area contributed by atoms with Crippen molar-refractivity contribution in [3.8, 4) is 11.1 Å². The summed E-state index contributed by atoms with van der Waals surface area (Å²) in [6.45, 7) is 4.61. The van der Waals surface area contributed by atoms with Gasteiger partial charge < -0.3 is 0 Å². The molecular weight excluding hydrogens is 360 g/mol. The Morgan fingerprint density at radius 1 is 0.567 bits per heavy atom. The van der Waals surface area contributed by atoms with E-state index in [4.69, 9.17) is 0 Å². The van der Waals surface area contributed by atoms with Crippen LogP contribution in [0.1, 0.15) is 89.2 Å². The summed E-state index contributed by atoms with van der Waals surface area (Å²) in [4.78, 5) is 0. The van der Waals surface area contributed by atoms with E-state index in [0.29, 0.717) is 0 Å². The molecule has 158 valence electrons. The Hall–Kier alpha value is -2.08. The predicted octanol–water partition coefficient (Wildman–Crippen LogP) is 9.32. The second-order valence-corrected chi connectivity index (χ2v) is 9.47. The van der Waals surface area contributed by atoms with Gasteiger partial charge in [-0.1, -0.05) is 100 Å². The van der Waals surface area contributed by atoms with Crippen LogP contribution in [0.2, 0.25) is 0 Å². The molecule has 0 bridgehead atoms. The molecular formula is C30H38. The molecule has 2 aliphatic carbocycles. The van der Waals surface area contributed by atoms with Gasteiger partial charge in [-0.15, -0.1) is 0 Å². The fourth-order valence-electron chi connectivity index (χ4n) is 5.40. The van der Waals surface area contributed by atoms with Crippen molar-refractivity contribution in [2.24, 2.45) is 11.8 Å². The van der Waals surface area contributed by atoms with Gasteiger partial charge in [0.1, 0.15) is 0 Å². The first-order valence-electron chi connectivity index (χ1n) is 12.4. The molecule has 0 aliphatic heterocycles. The summed E-state index contributed by atoms with van der Waals surface area (Å²) in [5.74, 6) is 1.82. The standard InChI is InChI=1S/C30H38/c1-3-5-23-7-11-25(12-8-23)27-15-19-29(20-16-27)30-21-17-28(18-22-30)26-13-9-24(6-4-2)10-14-26/h11,13,15-24H,3-10,12,14H2,1-2H3. The summed E-state index contributed by atoms with van der Waals surface area (Å²) >= 11 is 0. The average Bonchev–Trinajstić information content (AvgIpc) is 2.81. The molecule has 0 nitrogen and oxygen atoms in total. The van der Waals surface area contributed by atoms with Gasteiger partial charge in [0.25, 0.3) is 0 Å². The van der Waals surface area contributed by atoms with E-state index in [1.165, 1.54) is 86.5 Å². The molecule has 2 aromatic carbocycles. The molecule has 0 N–H and O–H groups in total. The molecule has 0 amide bonds. The molecule has 0 spiro atoms. The zero-order valence-electron chi connectivity index (χ0n) is 19.0. The topological polar surface area (TPSA) is 0 Å². The van der Waals surface area contributed by atoms with Crippen molar-refractivity contribution in [1.29, 1.82) is 0 Å². The Morgan fingerprint density at radius 3 is 1.23 bits per heavy atom. The van der Waals surface area contributed by atoms with Crippen molar-refractivity contribution >= 4 is 11.1 Å². The summed E-state index contributed by atoms with van der Waals surface area (Å²) in [5.41, 5.74) is 8.58. The normalized spacial score (nSPS) is 21.8. The van der Waals surface area contributed by atoms with E-state index in [2.05, 4.69) is 74.5 Å². The molecule has 30 heavy (non-hydrogen) atoms. The Labute approximate surface area is 184 Å². The third-order valence-electron chi connectivity index (χ3n) is 7.28. The zero-order chi connectivity index (χ0) is 20.8. The highest BCUT2D eigenvalue weighted by atomic mass is 14.2. The minimum atomic E-state index is 0.911. The van der Waals surface area contributed by atoms with E-state index in [1.54, 1.807) is 11.1 Å². The molecule has 0 saturated heterocycles. The van der Waals surface area contributed by atoms with Crippen LogP contribution >= 0.6 is 0 Å². The van der Waals surface area contributed by atoms with Crippen molar-refractivity contribution in [3.05, 3.63) is 71.8 Å². The molecule has 4 rings (SSSR count). The van der Waals surface area contributed by atoms with Gasteiger partial charge >= 0.3 is 0 Å². The highest BCUT2D eigenvalue weighted by Crippen LogP contribution is 2.35. The van der Waals surface area contributed by atoms with Crippen LogP contribution in [0.5, 0.6) is 0 Å². The van der Waals surface area contributed by atoms with Gasteiger partial charge in [0.15, 0.2) is 0 Å². The van der Waals surface area contributed by atoms with Gasteiger partial charge in [0.05, 0.1) is 0 Å². The van der Waals surface area contributed by atoms with Crippen LogP contribution in [-0.2, 0) is 0 Å². The summed E-state index contributed by atoms with van der Waals surface area (Å²) in [6, 6.07) is 18.5. The first kappa shape index (κ1) is 21.2. The van der Waals surface area contributed by atoms with E-state index >= 15 is 0 Å². The molecule has 0 heteroatoms. The molecule has 2 aromatic rings. The molecule has 0 radical (unpaired) electrons. The number of hydrogen-bond acceptors (Lipinski definition) is 0. The summed E-state index contributed by atoms with van der Waals surface area (Å²) in [6.07, 6.45) is 18.1. The summed E-state index contributed by atoms with van der Waals surface area (Å²) in [5, 5.41) is 0. The lowest BCUT2D eigenvalue weighted by atomic mass is 9.84. The third-order valence-corrected chi connectivity index (χ3v) is 7.28. The first-order chi connectivity index (χ1) is 14.8. The fraction of sp³-hybridized carbons (Fsp3) is 0.467. The van der Waals surface area contributed by atoms with E-state index in [1.807, 2.05) is 0 Å². The molecule has 0 saturated carbocycles. The van der Waals surface area contributed by atoms with E-state index in [0.717, 1.165) is 11.8 Å². The molecule has 2 atom stereocenters. The van der Waals surface area contributed by atoms with Crippen LogP contribution in [0.15, 0.2) is 60.7 Å². The van der Waals surface area contributed by atoms with Crippen molar-refractivity contribution in [1.82, 2.24) is 0 Å². The Bertz CT molecular complexity index is 788. The van der Waals surface area contributed by atoms with Crippen LogP contribution in [0.25, 0.3) is 22.3 Å². The zero-order valence-corrected chi connectivity index (χ0v) is 19.0. The monoisotopic (exact) mass is 398 g/mol. The average molecular weight is 399 g/mol. The first-order valence-corrected chi connectivity index (χ1v) is 12.4. The maximum atomic E-state index is 2.50. The van der Waals surface area contributed by atoms with Crippen LogP contribution < -0.4 is 0 Å². The summed E-state index contributed by atoms with van der Waals surface area (Å²) < 4.78 is 0. The number of rotatable bonds is 7. The minimum absolute atomic E-state index is 0.911. The van der Waals surface area contributed by atoms with Crippen molar-refractivity contribution in [2.75, 3.05) is 0 Å². The lowest BCUT2D eigenvalue weighted by Crippen LogP contribution is -2.05. The van der Waals surface area contributed by atoms with Gasteiger partial charge in [-0.25, -0.2) is 0 Å². The largest absolute Gasteiger partial charge is 0.0804 e. The predicted molar refractivity (Wildman–Crippen MR) is 132 cm³/mol.